The van der Waals surface area contributed by atoms with Crippen molar-refractivity contribution in [1.29, 1.82) is 0 Å². The Kier molecular flexibility index (Phi) is 27.4. The van der Waals surface area contributed by atoms with Crippen LogP contribution >= 0.6 is 15.6 Å². The lowest BCUT2D eigenvalue weighted by atomic mass is 9.83. The number of phosphoric ester groups is 2. The van der Waals surface area contributed by atoms with Gasteiger partial charge in [-0.3, -0.25) is 56.4 Å². The number of aromatic carboxylic acids is 2. The third-order valence-electron chi connectivity index (χ3n) is 29.6. The molecule has 780 valence electrons. The number of imidazole rings is 2. The quantitative estimate of drug-likeness (QED) is 0.0124. The Bertz CT molecular complexity index is 7890. The second-order valence-electron chi connectivity index (χ2n) is 41.2. The topological polar surface area (TPSA) is 543 Å². The summed E-state index contributed by atoms with van der Waals surface area (Å²) in [5.41, 5.74) is 23.7. The average Bonchev–Trinajstić information content (AvgIpc) is 1.43. The summed E-state index contributed by atoms with van der Waals surface area (Å²) in [6, 6.07) is 26.0. The molecule has 2 unspecified atom stereocenters. The number of unbranched alkanes of at least 4 members (excludes halogenated alkanes) is 6. The number of allylic oxidation sites excluding steroid dienone is 4. The highest BCUT2D eigenvalue weighted by Crippen LogP contribution is 2.56. The number of likely N-dealkylation sites (N-methyl/N-ethyl adjacent to an activating group) is 4. The molecule has 14 N–H and O–H groups in total. The molecule has 2 amide bonds. The minimum Gasteiger partial charge on any atom is -0.545 e. The highest BCUT2D eigenvalue weighted by Gasteiger charge is 2.56. The number of hydrogen-bond donors (Lipinski definition) is 12. The number of carbonyl (C=O) groups is 4. The molecule has 0 spiro atoms. The molecule has 0 bridgehead atoms. The summed E-state index contributed by atoms with van der Waals surface area (Å²) in [5, 5.41) is 64.6. The van der Waals surface area contributed by atoms with E-state index in [4.69, 9.17) is 48.5 Å². The molecule has 10 aliphatic heterocycles. The second kappa shape index (κ2) is 39.3. The predicted molar refractivity (Wildman–Crippen MR) is 555 cm³/mol. The van der Waals surface area contributed by atoms with Gasteiger partial charge in [0.05, 0.1) is 48.4 Å². The molecule has 10 aromatic rings. The lowest BCUT2D eigenvalue weighted by Gasteiger charge is -2.43. The molecule has 0 radical (unpaired) electrons. The number of aromatic nitrogens is 8. The van der Waals surface area contributed by atoms with Crippen LogP contribution < -0.4 is 104 Å². The van der Waals surface area contributed by atoms with Crippen LogP contribution in [-0.2, 0) is 36.7 Å². The maximum atomic E-state index is 14.0. The number of nitrogens with two attached hydrogens (primary N) is 2. The molecule has 4 aromatic heterocycles. The number of carboxylic acids is 2. The Morgan fingerprint density at radius 2 is 0.878 bits per heavy atom. The number of aliphatic hydroxyl groups is 2. The van der Waals surface area contributed by atoms with E-state index in [9.17, 15) is 68.1 Å². The lowest BCUT2D eigenvalue weighted by molar-refractivity contribution is -0.256. The molecule has 10 atom stereocenters. The van der Waals surface area contributed by atoms with Gasteiger partial charge >= 0.3 is 15.6 Å². The molecule has 0 aliphatic carbocycles. The fourth-order valence-electron chi connectivity index (χ4n) is 23.1. The Balaban J connectivity index is 0.000000186. The minimum absolute atomic E-state index is 0.0253. The van der Waals surface area contributed by atoms with Crippen LogP contribution in [0.2, 0.25) is 0 Å². The first-order valence-corrected chi connectivity index (χ1v) is 53.2. The number of H-pyrrole nitrogens is 2. The van der Waals surface area contributed by atoms with Gasteiger partial charge in [-0.05, 0) is 203 Å². The van der Waals surface area contributed by atoms with Crippen molar-refractivity contribution in [3.05, 3.63) is 218 Å². The third-order valence-corrected chi connectivity index (χ3v) is 31.5. The zero-order valence-electron chi connectivity index (χ0n) is 85.4. The molecule has 10 aliphatic rings. The predicted octanol–water partition coefficient (Wildman–Crippen LogP) is 8.65. The van der Waals surface area contributed by atoms with Crippen LogP contribution in [-0.4, -0.2) is 207 Å². The van der Waals surface area contributed by atoms with Crippen LogP contribution in [0.5, 0.6) is 23.0 Å². The van der Waals surface area contributed by atoms with Gasteiger partial charge in [0, 0.05) is 168 Å². The molecule has 42 heteroatoms. The molecule has 4 fully saturated rings. The number of aromatic amines is 2. The summed E-state index contributed by atoms with van der Waals surface area (Å²) in [6.45, 7) is 38.2. The number of fused-ring (bicyclic) bond motifs is 12. The number of ether oxygens (including phenoxy) is 4. The molecule has 148 heavy (non-hydrogen) atoms. The zero-order chi connectivity index (χ0) is 106. The van der Waals surface area contributed by atoms with Crippen molar-refractivity contribution in [2.24, 2.45) is 0 Å². The number of carboxylic acid groups (broad SMARTS) is 2. The number of anilines is 6. The fourth-order valence-corrected chi connectivity index (χ4v) is 25.1. The molecular weight excluding hydrogens is 1940 g/mol. The number of nitrogens with zero attached hydrogens (tertiary/aromatic N) is 10. The number of phosphoric acid groups is 2. The summed E-state index contributed by atoms with van der Waals surface area (Å²) in [5.74, 6) is -1.28. The SMILES string of the molecule is CCN1c2cc3c(cc2C(C)=CC1(C)C)C(c1cc(C(=O)NCCCCCCNc2nc4c(=O)[nH]c(N)nc4n2[C@@H]2O[C@@H]4COP(=O)(O)O[C@H]4[C@H]2O)ccc1C(=O)[O-])=c1cc2c(cc1O3)=[N+](CC)C(C)(C)C=C2C.CCN1c2cc3c(cc2C(C)=CC1(C)C)C(c1ccc(C(=O)NCCCCCCNc2nc4c(=O)[nH]c(N)nc4n2[C@@H]2O[C@@H]4COP(=O)(O)O[C@H]4[C@H]2O)cc1C(=O)[O-])=c1cc2c(cc1O3)=[N+](CC)C(C)(C)C=C2C. The monoisotopic (exact) mass is 2060 g/mol. The molecule has 6 aromatic carbocycles. The largest absolute Gasteiger partial charge is 0.545 e. The fraction of sp³-hybridized carbons (Fsp3) is 0.434. The van der Waals surface area contributed by atoms with Crippen LogP contribution in [0.1, 0.15) is 261 Å². The Hall–Kier alpha value is -13.3. The van der Waals surface area contributed by atoms with E-state index in [0.717, 1.165) is 129 Å². The van der Waals surface area contributed by atoms with Crippen LogP contribution in [0, 0.1) is 0 Å². The van der Waals surface area contributed by atoms with Crippen LogP contribution in [0.3, 0.4) is 0 Å². The lowest BCUT2D eigenvalue weighted by Crippen LogP contribution is -2.49. The van der Waals surface area contributed by atoms with Crippen molar-refractivity contribution in [3.8, 4) is 23.0 Å². The van der Waals surface area contributed by atoms with E-state index in [-0.39, 0.29) is 110 Å². The zero-order valence-corrected chi connectivity index (χ0v) is 87.2. The second-order valence-corrected chi connectivity index (χ2v) is 44.1. The molecule has 0 saturated carbocycles. The van der Waals surface area contributed by atoms with Crippen LogP contribution in [0.4, 0.5) is 35.2 Å². The molecule has 14 heterocycles. The van der Waals surface area contributed by atoms with E-state index in [1.165, 1.54) is 27.3 Å². The normalized spacial score (nSPS) is 23.2. The van der Waals surface area contributed by atoms with E-state index in [1.54, 1.807) is 18.2 Å². The number of nitrogen functional groups attached to an aromatic ring is 2. The number of carbonyl (C=O) groups excluding carboxylic acids is 4. The average molecular weight is 2060 g/mol. The van der Waals surface area contributed by atoms with Crippen molar-refractivity contribution in [2.45, 2.75) is 233 Å². The number of hydrogen-bond acceptors (Lipinski definition) is 30. The van der Waals surface area contributed by atoms with Crippen molar-refractivity contribution in [3.63, 3.8) is 0 Å². The first-order chi connectivity index (χ1) is 70.2. The highest BCUT2D eigenvalue weighted by atomic mass is 31.2. The van der Waals surface area contributed by atoms with Gasteiger partial charge in [-0.2, -0.15) is 9.97 Å². The Morgan fingerprint density at radius 1 is 0.480 bits per heavy atom. The number of nitrogens with one attached hydrogen (secondary N) is 6. The maximum Gasteiger partial charge on any atom is 0.472 e. The summed E-state index contributed by atoms with van der Waals surface area (Å²) >= 11 is 0. The highest BCUT2D eigenvalue weighted by molar-refractivity contribution is 7.47. The molecular formula is C106H124N18O22P2. The first-order valence-electron chi connectivity index (χ1n) is 50.2. The summed E-state index contributed by atoms with van der Waals surface area (Å²) in [7, 11) is -8.81. The number of aliphatic hydroxyl groups excluding tert-OH is 2. The Morgan fingerprint density at radius 3 is 1.29 bits per heavy atom. The maximum absolute atomic E-state index is 14.0. The van der Waals surface area contributed by atoms with Crippen molar-refractivity contribution in [2.75, 3.05) is 97.5 Å². The van der Waals surface area contributed by atoms with E-state index < -0.39 is 93.7 Å². The van der Waals surface area contributed by atoms with E-state index in [1.807, 2.05) is 0 Å². The number of amides is 2. The van der Waals surface area contributed by atoms with Crippen molar-refractivity contribution in [1.82, 2.24) is 58.8 Å². The Labute approximate surface area is 851 Å². The van der Waals surface area contributed by atoms with Crippen LogP contribution in [0.25, 0.3) is 55.8 Å². The van der Waals surface area contributed by atoms with Crippen LogP contribution in [0.15, 0.2) is 119 Å². The van der Waals surface area contributed by atoms with Gasteiger partial charge in [0.2, 0.25) is 34.5 Å². The third kappa shape index (κ3) is 18.9. The smallest absolute Gasteiger partial charge is 0.472 e. The number of benzene rings is 6. The van der Waals surface area contributed by atoms with Gasteiger partial charge in [-0.1, -0.05) is 50.0 Å². The van der Waals surface area contributed by atoms with E-state index in [0.29, 0.717) is 108 Å². The molecule has 40 nitrogen and oxygen atoms in total. The van der Waals surface area contributed by atoms with E-state index in [2.05, 4.69) is 254 Å². The van der Waals surface area contributed by atoms with Gasteiger partial charge in [0.1, 0.15) is 72.7 Å². The summed E-state index contributed by atoms with van der Waals surface area (Å²) in [6.07, 6.45) is 4.97. The first kappa shape index (κ1) is 103. The van der Waals surface area contributed by atoms with Gasteiger partial charge in [-0.25, -0.2) is 28.2 Å². The number of rotatable bonds is 28. The standard InChI is InChI=1S/2C53H62N9O11P/c1-9-60-36-22-38-34(20-31(36)27(3)24-52(60,5)6)41(35-21-32-28(4)25-53(7,8)61(10-2)37(32)23-39(35)71-38)33-19-29(15-16-30(33)49(66)67)46(64)55-17-13-11-12-14-18-56-51-57-42-45(58-50(54)59-47(42)65)62(51)48-43(63)44-40(72-48)26-70-74(68,69)73-44;1-9-60-36-22-38-34(20-31(36)27(3)24-52(60,5)6)41(35-21-32-28(4)25-53(7,8)61(10-2)37(32)23-39(35)71-38)30-16-15-29(19-33(30)49(66)67)46(64)55-17-13-11-12-14-18-56-51-57-42-45(58-50(54)59-47(42)65)62(51)48-43(63)44-40(72-48)26-70-74(68,69)73-44/h15-16,19-25,40,43-44,48,63H,9-14,17-18,26H2,1-8H3,(H6-,54,55,56,57,58,59,64,65,66,67,68,69);15-16,19-25,40,43-44,48,55,63H,9-14,17-18,26H2,1-8H3,(H5,54,59,64,65,66,67,68,69)/t2*40-,43-,44-,48-/m11/s1. The van der Waals surface area contributed by atoms with Gasteiger partial charge in [-0.15, -0.1) is 0 Å². The molecule has 4 saturated heterocycles. The summed E-state index contributed by atoms with van der Waals surface area (Å²) < 4.78 is 77.5. The molecule has 20 rings (SSSR count). The minimum atomic E-state index is -4.41. The summed E-state index contributed by atoms with van der Waals surface area (Å²) in [4.78, 5) is 126. The van der Waals surface area contributed by atoms with Gasteiger partial charge in [0.25, 0.3) is 22.9 Å². The van der Waals surface area contributed by atoms with E-state index >= 15 is 0 Å². The van der Waals surface area contributed by atoms with Gasteiger partial charge < -0.3 is 101 Å². The van der Waals surface area contributed by atoms with Crippen molar-refractivity contribution < 1.29 is 95.6 Å². The van der Waals surface area contributed by atoms with Crippen molar-refractivity contribution >= 4 is 130 Å². The van der Waals surface area contributed by atoms with Gasteiger partial charge in [0.15, 0.2) is 45.9 Å².